The van der Waals surface area contributed by atoms with Crippen LogP contribution in [0.5, 0.6) is 0 Å². The lowest BCUT2D eigenvalue weighted by Gasteiger charge is -2.24. The number of anilines is 3. The summed E-state index contributed by atoms with van der Waals surface area (Å²) in [6.45, 7) is 2.20. The van der Waals surface area contributed by atoms with Crippen LogP contribution < -0.4 is 10.2 Å². The van der Waals surface area contributed by atoms with E-state index in [1.54, 1.807) is 0 Å². The Morgan fingerprint density at radius 2 is 1.52 bits per heavy atom. The average molecular weight is 427 g/mol. The Balaban J connectivity index is 1.51. The summed E-state index contributed by atoms with van der Waals surface area (Å²) in [5.74, 6) is 0. The highest BCUT2D eigenvalue weighted by atomic mass is 16.3. The zero-order chi connectivity index (χ0) is 21.9. The number of furan rings is 1. The van der Waals surface area contributed by atoms with Gasteiger partial charge in [0.05, 0.1) is 11.4 Å². The molecule has 33 heavy (non-hydrogen) atoms. The molecule has 3 nitrogen and oxygen atoms in total. The Hall–Kier alpha value is -4.24. The van der Waals surface area contributed by atoms with Crippen LogP contribution in [0.15, 0.2) is 108 Å². The maximum atomic E-state index is 6.46. The summed E-state index contributed by atoms with van der Waals surface area (Å²) in [4.78, 5) is 2.36. The fraction of sp³-hybridized carbons (Fsp3) is 0.0667. The molecule has 5 aromatic carbocycles. The molecular formula is C30H22N2O. The van der Waals surface area contributed by atoms with E-state index >= 15 is 0 Å². The standard InChI is InChI=1S/C30H22N2O/c1-19-31-26-14-5-6-15-27(26)32(19)22-11-8-10-21(17-22)29-23-12-3-2-9-20(23)18-25-24-13-4-7-16-28(24)33-30(25)29/h2-19,31H,1H3. The van der Waals surface area contributed by atoms with E-state index < -0.39 is 0 Å². The van der Waals surface area contributed by atoms with Gasteiger partial charge >= 0.3 is 0 Å². The number of rotatable bonds is 2. The second kappa shape index (κ2) is 6.88. The number of benzene rings is 5. The Morgan fingerprint density at radius 1 is 0.727 bits per heavy atom. The smallest absolute Gasteiger partial charge is 0.143 e. The van der Waals surface area contributed by atoms with Crippen molar-refractivity contribution >= 4 is 49.8 Å². The van der Waals surface area contributed by atoms with Crippen LogP contribution in [0.25, 0.3) is 43.8 Å². The Kier molecular flexibility index (Phi) is 3.82. The zero-order valence-electron chi connectivity index (χ0n) is 18.2. The van der Waals surface area contributed by atoms with E-state index in [1.807, 2.05) is 6.07 Å². The summed E-state index contributed by atoms with van der Waals surface area (Å²) in [6.07, 6.45) is 0.177. The van der Waals surface area contributed by atoms with E-state index in [-0.39, 0.29) is 6.17 Å². The molecular weight excluding hydrogens is 404 g/mol. The van der Waals surface area contributed by atoms with Gasteiger partial charge in [0.2, 0.25) is 0 Å². The van der Waals surface area contributed by atoms with Gasteiger partial charge in [0.25, 0.3) is 0 Å². The van der Waals surface area contributed by atoms with E-state index in [2.05, 4.69) is 114 Å². The Morgan fingerprint density at radius 3 is 2.45 bits per heavy atom. The molecule has 2 heterocycles. The third kappa shape index (κ3) is 2.69. The van der Waals surface area contributed by atoms with Crippen LogP contribution >= 0.6 is 0 Å². The maximum Gasteiger partial charge on any atom is 0.143 e. The lowest BCUT2D eigenvalue weighted by Crippen LogP contribution is -2.28. The number of fused-ring (bicyclic) bond motifs is 5. The normalized spacial score (nSPS) is 15.3. The summed E-state index contributed by atoms with van der Waals surface area (Å²) in [5, 5.41) is 8.33. The number of para-hydroxylation sites is 3. The fourth-order valence-electron chi connectivity index (χ4n) is 5.29. The van der Waals surface area contributed by atoms with Gasteiger partial charge in [0.15, 0.2) is 0 Å². The number of nitrogens with zero attached hydrogens (tertiary/aromatic N) is 1. The molecule has 1 N–H and O–H groups in total. The van der Waals surface area contributed by atoms with Gasteiger partial charge in [-0.05, 0) is 59.7 Å². The van der Waals surface area contributed by atoms with Crippen molar-refractivity contribution in [3.63, 3.8) is 0 Å². The SMILES string of the molecule is CC1Nc2ccccc2N1c1cccc(-c2c3ccccc3cc3c2oc2ccccc23)c1. The van der Waals surface area contributed by atoms with Crippen molar-refractivity contribution < 1.29 is 4.42 Å². The highest BCUT2D eigenvalue weighted by Crippen LogP contribution is 2.44. The first-order chi connectivity index (χ1) is 16.3. The molecule has 158 valence electrons. The van der Waals surface area contributed by atoms with Crippen molar-refractivity contribution in [1.29, 1.82) is 0 Å². The van der Waals surface area contributed by atoms with Crippen LogP contribution in [0.2, 0.25) is 0 Å². The average Bonchev–Trinajstić information content (AvgIpc) is 3.39. The molecule has 1 aromatic heterocycles. The van der Waals surface area contributed by atoms with Gasteiger partial charge in [0.1, 0.15) is 17.3 Å². The molecule has 1 aliphatic heterocycles. The van der Waals surface area contributed by atoms with Crippen LogP contribution in [0, 0.1) is 0 Å². The summed E-state index contributed by atoms with van der Waals surface area (Å²) < 4.78 is 6.46. The van der Waals surface area contributed by atoms with Crippen molar-refractivity contribution in [1.82, 2.24) is 0 Å². The summed E-state index contributed by atoms with van der Waals surface area (Å²) in [7, 11) is 0. The first kappa shape index (κ1) is 18.3. The molecule has 0 amide bonds. The van der Waals surface area contributed by atoms with Gasteiger partial charge in [-0.25, -0.2) is 0 Å². The lowest BCUT2D eigenvalue weighted by molar-refractivity contribution is 0.670. The largest absolute Gasteiger partial charge is 0.455 e. The molecule has 6 aromatic rings. The zero-order valence-corrected chi connectivity index (χ0v) is 18.2. The summed E-state index contributed by atoms with van der Waals surface area (Å²) in [5.41, 5.74) is 7.70. The number of hydrogen-bond donors (Lipinski definition) is 1. The summed E-state index contributed by atoms with van der Waals surface area (Å²) in [6, 6.07) is 36.4. The Bertz CT molecular complexity index is 1680. The van der Waals surface area contributed by atoms with Crippen molar-refractivity contribution in [2.45, 2.75) is 13.1 Å². The molecule has 7 rings (SSSR count). The maximum absolute atomic E-state index is 6.46. The topological polar surface area (TPSA) is 28.4 Å². The fourth-order valence-corrected chi connectivity index (χ4v) is 5.29. The van der Waals surface area contributed by atoms with Crippen molar-refractivity contribution in [2.24, 2.45) is 0 Å². The van der Waals surface area contributed by atoms with Crippen LogP contribution in [0.4, 0.5) is 17.1 Å². The van der Waals surface area contributed by atoms with Crippen LogP contribution in [0.1, 0.15) is 6.92 Å². The molecule has 1 aliphatic rings. The van der Waals surface area contributed by atoms with Crippen LogP contribution in [-0.2, 0) is 0 Å². The van der Waals surface area contributed by atoms with E-state index in [1.165, 1.54) is 22.1 Å². The monoisotopic (exact) mass is 426 g/mol. The minimum Gasteiger partial charge on any atom is -0.455 e. The first-order valence-electron chi connectivity index (χ1n) is 11.4. The molecule has 1 atom stereocenters. The highest BCUT2D eigenvalue weighted by molar-refractivity contribution is 6.18. The minimum atomic E-state index is 0.177. The van der Waals surface area contributed by atoms with Crippen molar-refractivity contribution in [3.05, 3.63) is 103 Å². The molecule has 0 aliphatic carbocycles. The second-order valence-electron chi connectivity index (χ2n) is 8.71. The van der Waals surface area contributed by atoms with Crippen LogP contribution in [0.3, 0.4) is 0 Å². The molecule has 0 fully saturated rings. The quantitative estimate of drug-likeness (QED) is 0.302. The van der Waals surface area contributed by atoms with Gasteiger partial charge in [-0.2, -0.15) is 0 Å². The third-order valence-corrected chi connectivity index (χ3v) is 6.72. The second-order valence-corrected chi connectivity index (χ2v) is 8.71. The molecule has 0 saturated carbocycles. The van der Waals surface area contributed by atoms with Gasteiger partial charge < -0.3 is 14.6 Å². The molecule has 0 spiro atoms. The molecule has 0 radical (unpaired) electrons. The predicted molar refractivity (Wildman–Crippen MR) is 138 cm³/mol. The highest BCUT2D eigenvalue weighted by Gasteiger charge is 2.26. The number of hydrogen-bond acceptors (Lipinski definition) is 3. The van der Waals surface area contributed by atoms with Gasteiger partial charge in [-0.15, -0.1) is 0 Å². The van der Waals surface area contributed by atoms with Crippen LogP contribution in [-0.4, -0.2) is 6.17 Å². The van der Waals surface area contributed by atoms with Gasteiger partial charge in [0, 0.05) is 22.0 Å². The van der Waals surface area contributed by atoms with E-state index in [0.717, 1.165) is 38.8 Å². The molecule has 0 saturated heterocycles. The van der Waals surface area contributed by atoms with E-state index in [9.17, 15) is 0 Å². The summed E-state index contributed by atoms with van der Waals surface area (Å²) >= 11 is 0. The van der Waals surface area contributed by atoms with E-state index in [4.69, 9.17) is 4.42 Å². The Labute approximate surface area is 191 Å². The lowest BCUT2D eigenvalue weighted by atomic mass is 9.95. The number of nitrogens with one attached hydrogen (secondary N) is 1. The first-order valence-corrected chi connectivity index (χ1v) is 11.4. The predicted octanol–water partition coefficient (Wildman–Crippen LogP) is 8.32. The van der Waals surface area contributed by atoms with E-state index in [0.29, 0.717) is 0 Å². The van der Waals surface area contributed by atoms with Crippen molar-refractivity contribution in [2.75, 3.05) is 10.2 Å². The van der Waals surface area contributed by atoms with Gasteiger partial charge in [-0.3, -0.25) is 0 Å². The molecule has 1 unspecified atom stereocenters. The third-order valence-electron chi connectivity index (χ3n) is 6.72. The minimum absolute atomic E-state index is 0.177. The van der Waals surface area contributed by atoms with Gasteiger partial charge in [-0.1, -0.05) is 66.7 Å². The molecule has 3 heteroatoms. The van der Waals surface area contributed by atoms with Crippen molar-refractivity contribution in [3.8, 4) is 11.1 Å². The molecule has 0 bridgehead atoms.